The Morgan fingerprint density at radius 1 is 1.56 bits per heavy atom. The third-order valence-corrected chi connectivity index (χ3v) is 2.65. The maximum Gasteiger partial charge on any atom is 0.181 e. The quantitative estimate of drug-likeness (QED) is 0.790. The van der Waals surface area contributed by atoms with Crippen LogP contribution in [0.15, 0.2) is 24.5 Å². The van der Waals surface area contributed by atoms with Crippen LogP contribution in [0.25, 0.3) is 5.65 Å². The second-order valence-corrected chi connectivity index (χ2v) is 3.89. The zero-order chi connectivity index (χ0) is 13.0. The molecule has 0 radical (unpaired) electrons. The Balaban J connectivity index is 2.36. The smallest absolute Gasteiger partial charge is 0.181 e. The Bertz CT molecular complexity index is 548. The number of hydrogen-bond donors (Lipinski definition) is 1. The van der Waals surface area contributed by atoms with Gasteiger partial charge in [0.15, 0.2) is 17.2 Å². The van der Waals surface area contributed by atoms with Crippen LogP contribution >= 0.6 is 0 Å². The van der Waals surface area contributed by atoms with Crippen molar-refractivity contribution in [3.63, 3.8) is 0 Å². The van der Waals surface area contributed by atoms with Crippen LogP contribution in [0.5, 0.6) is 5.75 Å². The molecule has 0 aromatic carbocycles. The molecule has 0 saturated carbocycles. The van der Waals surface area contributed by atoms with Gasteiger partial charge < -0.3 is 9.84 Å². The summed E-state index contributed by atoms with van der Waals surface area (Å²) in [5, 5.41) is 8.75. The number of rotatable bonds is 6. The molecule has 0 amide bonds. The standard InChI is InChI=1S/C13H16N2O3/c1-2-18-12-6-3-7-15-10(9-14-13(12)15)11(17)5-4-8-16/h3,6-7,9,16H,2,4-5,8H2,1H3. The fraction of sp³-hybridized carbons (Fsp3) is 0.385. The normalized spacial score (nSPS) is 10.8. The number of aliphatic hydroxyl groups excluding tert-OH is 1. The van der Waals surface area contributed by atoms with E-state index in [1.807, 2.05) is 19.1 Å². The molecule has 2 aromatic heterocycles. The predicted molar refractivity (Wildman–Crippen MR) is 67.0 cm³/mol. The van der Waals surface area contributed by atoms with E-state index in [1.54, 1.807) is 16.8 Å². The van der Waals surface area contributed by atoms with Crippen molar-refractivity contribution in [3.05, 3.63) is 30.2 Å². The van der Waals surface area contributed by atoms with Crippen molar-refractivity contribution in [3.8, 4) is 5.75 Å². The van der Waals surface area contributed by atoms with Gasteiger partial charge >= 0.3 is 0 Å². The van der Waals surface area contributed by atoms with Gasteiger partial charge in [-0.25, -0.2) is 4.98 Å². The van der Waals surface area contributed by atoms with Crippen LogP contribution in [-0.4, -0.2) is 33.5 Å². The van der Waals surface area contributed by atoms with Gasteiger partial charge in [0.2, 0.25) is 0 Å². The molecule has 0 saturated heterocycles. The summed E-state index contributed by atoms with van der Waals surface area (Å²) in [6.07, 6.45) is 4.13. The van der Waals surface area contributed by atoms with Gasteiger partial charge in [0.25, 0.3) is 0 Å². The molecule has 2 heterocycles. The van der Waals surface area contributed by atoms with Gasteiger partial charge in [-0.1, -0.05) is 0 Å². The van der Waals surface area contributed by atoms with Gasteiger partial charge in [-0.3, -0.25) is 9.20 Å². The van der Waals surface area contributed by atoms with Crippen LogP contribution in [0, 0.1) is 0 Å². The molecule has 0 bridgehead atoms. The summed E-state index contributed by atoms with van der Waals surface area (Å²) in [5.74, 6) is 0.645. The highest BCUT2D eigenvalue weighted by atomic mass is 16.5. The van der Waals surface area contributed by atoms with Gasteiger partial charge in [-0.2, -0.15) is 0 Å². The predicted octanol–water partition coefficient (Wildman–Crippen LogP) is 1.69. The number of aliphatic hydroxyl groups is 1. The van der Waals surface area contributed by atoms with Crippen LogP contribution in [0.4, 0.5) is 0 Å². The van der Waals surface area contributed by atoms with Gasteiger partial charge in [0, 0.05) is 19.2 Å². The summed E-state index contributed by atoms with van der Waals surface area (Å²) in [7, 11) is 0. The molecular formula is C13H16N2O3. The van der Waals surface area contributed by atoms with Crippen molar-refractivity contribution in [2.75, 3.05) is 13.2 Å². The van der Waals surface area contributed by atoms with E-state index < -0.39 is 0 Å². The number of carbonyl (C=O) groups excluding carboxylic acids is 1. The van der Waals surface area contributed by atoms with E-state index in [0.29, 0.717) is 36.5 Å². The van der Waals surface area contributed by atoms with Crippen molar-refractivity contribution in [1.29, 1.82) is 0 Å². The molecule has 0 fully saturated rings. The minimum Gasteiger partial charge on any atom is -0.490 e. The molecule has 0 aliphatic heterocycles. The Hall–Kier alpha value is -1.88. The van der Waals surface area contributed by atoms with Gasteiger partial charge in [-0.15, -0.1) is 0 Å². The van der Waals surface area contributed by atoms with Crippen molar-refractivity contribution in [2.45, 2.75) is 19.8 Å². The highest BCUT2D eigenvalue weighted by molar-refractivity contribution is 5.95. The molecule has 0 aliphatic carbocycles. The van der Waals surface area contributed by atoms with E-state index in [4.69, 9.17) is 9.84 Å². The van der Waals surface area contributed by atoms with Crippen molar-refractivity contribution < 1.29 is 14.6 Å². The number of carbonyl (C=O) groups is 1. The Kier molecular flexibility index (Phi) is 3.94. The number of pyridine rings is 1. The topological polar surface area (TPSA) is 63.8 Å². The molecular weight excluding hydrogens is 232 g/mol. The SMILES string of the molecule is CCOc1cccn2c(C(=O)CCCO)cnc12. The summed E-state index contributed by atoms with van der Waals surface area (Å²) in [5.41, 5.74) is 1.17. The molecule has 2 aromatic rings. The molecule has 0 unspecified atom stereocenters. The zero-order valence-electron chi connectivity index (χ0n) is 10.3. The maximum atomic E-state index is 11.9. The number of ether oxygens (including phenoxy) is 1. The van der Waals surface area contributed by atoms with Crippen LogP contribution < -0.4 is 4.74 Å². The van der Waals surface area contributed by atoms with Gasteiger partial charge in [0.1, 0.15) is 5.69 Å². The van der Waals surface area contributed by atoms with Gasteiger partial charge in [-0.05, 0) is 25.5 Å². The average molecular weight is 248 g/mol. The fourth-order valence-electron chi connectivity index (χ4n) is 1.83. The third-order valence-electron chi connectivity index (χ3n) is 2.65. The van der Waals surface area contributed by atoms with Crippen molar-refractivity contribution in [1.82, 2.24) is 9.38 Å². The summed E-state index contributed by atoms with van der Waals surface area (Å²) in [6.45, 7) is 2.48. The number of hydrogen-bond acceptors (Lipinski definition) is 4. The number of aromatic nitrogens is 2. The summed E-state index contributed by atoms with van der Waals surface area (Å²) in [6, 6.07) is 3.65. The van der Waals surface area contributed by atoms with Crippen LogP contribution in [0.1, 0.15) is 30.3 Å². The zero-order valence-corrected chi connectivity index (χ0v) is 10.3. The van der Waals surface area contributed by atoms with E-state index in [-0.39, 0.29) is 12.4 Å². The summed E-state index contributed by atoms with van der Waals surface area (Å²) >= 11 is 0. The highest BCUT2D eigenvalue weighted by Crippen LogP contribution is 2.20. The number of fused-ring (bicyclic) bond motifs is 1. The molecule has 0 atom stereocenters. The van der Waals surface area contributed by atoms with E-state index in [9.17, 15) is 4.79 Å². The average Bonchev–Trinajstić information content (AvgIpc) is 2.81. The number of ketones is 1. The minimum absolute atomic E-state index is 0.0205. The van der Waals surface area contributed by atoms with Crippen LogP contribution in [0.3, 0.4) is 0 Å². The van der Waals surface area contributed by atoms with E-state index in [2.05, 4.69) is 4.98 Å². The lowest BCUT2D eigenvalue weighted by Gasteiger charge is -2.05. The molecule has 18 heavy (non-hydrogen) atoms. The first-order valence-corrected chi connectivity index (χ1v) is 6.01. The van der Waals surface area contributed by atoms with Crippen LogP contribution in [0.2, 0.25) is 0 Å². The Labute approximate surface area is 105 Å². The lowest BCUT2D eigenvalue weighted by Crippen LogP contribution is -2.04. The van der Waals surface area contributed by atoms with E-state index >= 15 is 0 Å². The summed E-state index contributed by atoms with van der Waals surface area (Å²) in [4.78, 5) is 16.2. The van der Waals surface area contributed by atoms with Crippen LogP contribution in [-0.2, 0) is 0 Å². The van der Waals surface area contributed by atoms with Gasteiger partial charge in [0.05, 0.1) is 12.8 Å². The summed E-state index contributed by atoms with van der Waals surface area (Å²) < 4.78 is 7.19. The number of nitrogens with zero attached hydrogens (tertiary/aromatic N) is 2. The molecule has 1 N–H and O–H groups in total. The first kappa shape index (κ1) is 12.6. The monoisotopic (exact) mass is 248 g/mol. The molecule has 0 aliphatic rings. The Morgan fingerprint density at radius 3 is 3.11 bits per heavy atom. The lowest BCUT2D eigenvalue weighted by atomic mass is 10.2. The second kappa shape index (κ2) is 5.64. The minimum atomic E-state index is -0.0230. The third kappa shape index (κ3) is 2.36. The van der Waals surface area contributed by atoms with E-state index in [0.717, 1.165) is 0 Å². The van der Waals surface area contributed by atoms with Crippen molar-refractivity contribution in [2.24, 2.45) is 0 Å². The van der Waals surface area contributed by atoms with E-state index in [1.165, 1.54) is 0 Å². The number of imidazole rings is 1. The first-order valence-electron chi connectivity index (χ1n) is 6.01. The highest BCUT2D eigenvalue weighted by Gasteiger charge is 2.13. The fourth-order valence-corrected chi connectivity index (χ4v) is 1.83. The number of Topliss-reactive ketones (excluding diaryl/α,β-unsaturated/α-hetero) is 1. The second-order valence-electron chi connectivity index (χ2n) is 3.89. The maximum absolute atomic E-state index is 11.9. The molecule has 2 rings (SSSR count). The molecule has 96 valence electrons. The Morgan fingerprint density at radius 2 is 2.39 bits per heavy atom. The molecule has 0 spiro atoms. The van der Waals surface area contributed by atoms with Crippen molar-refractivity contribution >= 4 is 11.4 Å². The lowest BCUT2D eigenvalue weighted by molar-refractivity contribution is 0.0965. The largest absolute Gasteiger partial charge is 0.490 e. The molecule has 5 nitrogen and oxygen atoms in total. The first-order chi connectivity index (χ1) is 8.77. The molecule has 5 heteroatoms.